The highest BCUT2D eigenvalue weighted by atomic mass is 16.3. The van der Waals surface area contributed by atoms with Crippen LogP contribution < -0.4 is 0 Å². The summed E-state index contributed by atoms with van der Waals surface area (Å²) in [6.45, 7) is 0. The van der Waals surface area contributed by atoms with E-state index in [1.807, 2.05) is 60.7 Å². The largest absolute Gasteiger partial charge is 0.455 e. The van der Waals surface area contributed by atoms with E-state index < -0.39 is 0 Å². The Balaban J connectivity index is 1.32. The Labute approximate surface area is 315 Å². The second-order valence-electron chi connectivity index (χ2n) is 14.0. The van der Waals surface area contributed by atoms with Gasteiger partial charge in [0.05, 0.1) is 50.7 Å². The molecule has 11 rings (SSSR count). The Morgan fingerprint density at radius 3 is 1.65 bits per heavy atom. The van der Waals surface area contributed by atoms with Crippen molar-refractivity contribution < 1.29 is 4.42 Å². The Morgan fingerprint density at radius 2 is 0.982 bits per heavy atom. The molecule has 3 heterocycles. The van der Waals surface area contributed by atoms with Gasteiger partial charge < -0.3 is 13.6 Å². The fourth-order valence-electron chi connectivity index (χ4n) is 8.49. The second-order valence-corrected chi connectivity index (χ2v) is 14.0. The van der Waals surface area contributed by atoms with Crippen molar-refractivity contribution in [2.75, 3.05) is 0 Å². The molecule has 0 aliphatic heterocycles. The number of nitrogens with zero attached hydrogens (tertiary/aromatic N) is 4. The van der Waals surface area contributed by atoms with Crippen molar-refractivity contribution >= 4 is 65.6 Å². The monoisotopic (exact) mass is 700 g/mol. The van der Waals surface area contributed by atoms with Gasteiger partial charge in [-0.1, -0.05) is 78.9 Å². The average Bonchev–Trinajstić information content (AvgIpc) is 3.91. The zero-order valence-corrected chi connectivity index (χ0v) is 29.4. The first-order chi connectivity index (χ1) is 27.2. The third-order valence-corrected chi connectivity index (χ3v) is 11.0. The van der Waals surface area contributed by atoms with Crippen molar-refractivity contribution in [3.05, 3.63) is 181 Å². The van der Waals surface area contributed by atoms with Crippen LogP contribution in [0.15, 0.2) is 174 Å². The van der Waals surface area contributed by atoms with Crippen molar-refractivity contribution in [3.63, 3.8) is 0 Å². The third-order valence-electron chi connectivity index (χ3n) is 11.0. The van der Waals surface area contributed by atoms with E-state index in [1.54, 1.807) is 0 Å². The number of hydrogen-bond acceptors (Lipinski definition) is 3. The average molecular weight is 701 g/mol. The van der Waals surface area contributed by atoms with Crippen LogP contribution in [-0.2, 0) is 0 Å². The summed E-state index contributed by atoms with van der Waals surface area (Å²) in [4.78, 5) is 0. The lowest BCUT2D eigenvalue weighted by Gasteiger charge is -2.15. The first-order valence-electron chi connectivity index (χ1n) is 18.2. The molecular formula is C50H28N4O. The molecule has 254 valence electrons. The molecule has 11 aromatic rings. The van der Waals surface area contributed by atoms with Crippen LogP contribution in [0.25, 0.3) is 99.2 Å². The van der Waals surface area contributed by atoms with Gasteiger partial charge in [-0.05, 0) is 113 Å². The molecule has 0 radical (unpaired) electrons. The number of rotatable bonds is 4. The molecule has 8 aromatic carbocycles. The highest BCUT2D eigenvalue weighted by molar-refractivity contribution is 6.31. The summed E-state index contributed by atoms with van der Waals surface area (Å²) in [6.07, 6.45) is 0. The van der Waals surface area contributed by atoms with Gasteiger partial charge in [0.2, 0.25) is 0 Å². The molecule has 0 spiro atoms. The van der Waals surface area contributed by atoms with E-state index in [-0.39, 0.29) is 0 Å². The van der Waals surface area contributed by atoms with Crippen LogP contribution in [-0.4, -0.2) is 9.13 Å². The fourth-order valence-corrected chi connectivity index (χ4v) is 8.49. The lowest BCUT2D eigenvalue weighted by molar-refractivity contribution is 0.673. The van der Waals surface area contributed by atoms with Crippen molar-refractivity contribution in [3.8, 4) is 45.8 Å². The topological polar surface area (TPSA) is 70.6 Å². The van der Waals surface area contributed by atoms with Crippen molar-refractivity contribution in [2.24, 2.45) is 0 Å². The van der Waals surface area contributed by atoms with Crippen LogP contribution in [0.1, 0.15) is 11.1 Å². The lowest BCUT2D eigenvalue weighted by Crippen LogP contribution is -1.97. The summed E-state index contributed by atoms with van der Waals surface area (Å²) in [6, 6.07) is 63.1. The summed E-state index contributed by atoms with van der Waals surface area (Å²) in [5, 5.41) is 25.8. The summed E-state index contributed by atoms with van der Waals surface area (Å²) in [7, 11) is 0. The van der Waals surface area contributed by atoms with Gasteiger partial charge in [0.15, 0.2) is 0 Å². The molecule has 0 fully saturated rings. The first-order valence-corrected chi connectivity index (χ1v) is 18.2. The van der Waals surface area contributed by atoms with Gasteiger partial charge in [-0.2, -0.15) is 10.5 Å². The van der Waals surface area contributed by atoms with Gasteiger partial charge in [0.25, 0.3) is 0 Å². The third kappa shape index (κ3) is 4.58. The Hall–Kier alpha value is -7.86. The van der Waals surface area contributed by atoms with Crippen molar-refractivity contribution in [1.82, 2.24) is 9.13 Å². The smallest absolute Gasteiger partial charge is 0.145 e. The van der Waals surface area contributed by atoms with E-state index in [2.05, 4.69) is 130 Å². The predicted molar refractivity (Wildman–Crippen MR) is 223 cm³/mol. The number of nitriles is 2. The quantitative estimate of drug-likeness (QED) is 0.183. The van der Waals surface area contributed by atoms with Gasteiger partial charge in [0, 0.05) is 38.3 Å². The molecule has 0 aliphatic rings. The zero-order valence-electron chi connectivity index (χ0n) is 29.4. The van der Waals surface area contributed by atoms with Crippen LogP contribution in [0, 0.1) is 22.7 Å². The summed E-state index contributed by atoms with van der Waals surface area (Å²) in [5.74, 6) is 0. The molecule has 0 atom stereocenters. The van der Waals surface area contributed by atoms with Crippen molar-refractivity contribution in [2.45, 2.75) is 0 Å². The molecule has 5 heteroatoms. The van der Waals surface area contributed by atoms with Gasteiger partial charge in [0.1, 0.15) is 11.2 Å². The van der Waals surface area contributed by atoms with Gasteiger partial charge in [-0.3, -0.25) is 0 Å². The van der Waals surface area contributed by atoms with E-state index in [0.717, 1.165) is 99.2 Å². The van der Waals surface area contributed by atoms with Gasteiger partial charge in [-0.15, -0.1) is 0 Å². The van der Waals surface area contributed by atoms with E-state index >= 15 is 0 Å². The molecule has 0 saturated carbocycles. The number of furan rings is 1. The Bertz CT molecular complexity index is 3350. The Kier molecular flexibility index (Phi) is 6.61. The number of fused-ring (bicyclic) bond motifs is 11. The molecule has 0 unspecified atom stereocenters. The molecule has 5 nitrogen and oxygen atoms in total. The highest BCUT2D eigenvalue weighted by Crippen LogP contribution is 2.46. The molecular weight excluding hydrogens is 673 g/mol. The molecule has 0 saturated heterocycles. The molecule has 0 N–H and O–H groups in total. The molecule has 3 aromatic heterocycles. The van der Waals surface area contributed by atoms with E-state index in [9.17, 15) is 10.5 Å². The second kappa shape index (κ2) is 11.8. The van der Waals surface area contributed by atoms with Crippen LogP contribution in [0.4, 0.5) is 0 Å². The summed E-state index contributed by atoms with van der Waals surface area (Å²) in [5.41, 5.74) is 13.4. The molecule has 55 heavy (non-hydrogen) atoms. The minimum absolute atomic E-state index is 0.613. The van der Waals surface area contributed by atoms with Crippen LogP contribution in [0.3, 0.4) is 0 Å². The summed E-state index contributed by atoms with van der Waals surface area (Å²) < 4.78 is 11.5. The highest BCUT2D eigenvalue weighted by Gasteiger charge is 2.24. The maximum absolute atomic E-state index is 9.58. The van der Waals surface area contributed by atoms with Crippen LogP contribution >= 0.6 is 0 Å². The van der Waals surface area contributed by atoms with Crippen molar-refractivity contribution in [1.29, 1.82) is 10.5 Å². The van der Waals surface area contributed by atoms with Gasteiger partial charge in [-0.25, -0.2) is 0 Å². The molecule has 0 aliphatic carbocycles. The van der Waals surface area contributed by atoms with Crippen LogP contribution in [0.2, 0.25) is 0 Å². The number of hydrogen-bond donors (Lipinski definition) is 0. The van der Waals surface area contributed by atoms with E-state index in [0.29, 0.717) is 11.1 Å². The summed E-state index contributed by atoms with van der Waals surface area (Å²) >= 11 is 0. The maximum atomic E-state index is 9.58. The van der Waals surface area contributed by atoms with Gasteiger partial charge >= 0.3 is 0 Å². The fraction of sp³-hybridized carbons (Fsp3) is 0. The minimum Gasteiger partial charge on any atom is -0.455 e. The maximum Gasteiger partial charge on any atom is 0.145 e. The molecule has 0 bridgehead atoms. The zero-order chi connectivity index (χ0) is 36.6. The number of aromatic nitrogens is 2. The van der Waals surface area contributed by atoms with Crippen LogP contribution in [0.5, 0.6) is 0 Å². The van der Waals surface area contributed by atoms with E-state index in [4.69, 9.17) is 4.42 Å². The van der Waals surface area contributed by atoms with E-state index in [1.165, 1.54) is 0 Å². The SMILES string of the molecule is N#Cc1ccc(-c2cc(-c3ccc(C#N)cc3)cc(-n3c4ccc5c6ccccc6oc5c4c4ccc5c(c6ccccc6n5-c5ccccc5)c43)c2)cc1. The lowest BCUT2D eigenvalue weighted by atomic mass is 9.96. The Morgan fingerprint density at radius 1 is 0.400 bits per heavy atom. The standard InChI is InChI=1S/C50H28N4O/c51-29-31-14-18-33(19-15-31)35-26-36(34-20-16-32(30-52)17-21-34)28-38(27-35)54-45-24-22-40-39-10-5-7-13-46(39)55-50(40)48(45)42-23-25-44-47(49(42)54)41-11-4-6-12-43(41)53(44)37-8-2-1-3-9-37/h1-28H. The minimum atomic E-state index is 0.613. The molecule has 0 amide bonds. The normalized spacial score (nSPS) is 11.6. The predicted octanol–water partition coefficient (Wildman–Crippen LogP) is 12.9. The number of benzene rings is 8. The number of para-hydroxylation sites is 3. The first kappa shape index (κ1) is 30.7.